The largest absolute Gasteiger partial charge is 0.310 e. The van der Waals surface area contributed by atoms with Gasteiger partial charge in [0, 0.05) is 38.7 Å². The van der Waals surface area contributed by atoms with Gasteiger partial charge in [-0.05, 0) is 54.8 Å². The van der Waals surface area contributed by atoms with Gasteiger partial charge in [0.15, 0.2) is 0 Å². The predicted molar refractivity (Wildman–Crippen MR) is 181 cm³/mol. The van der Waals surface area contributed by atoms with E-state index in [1.807, 2.05) is 12.1 Å². The van der Waals surface area contributed by atoms with Crippen molar-refractivity contribution in [3.63, 3.8) is 0 Å². The van der Waals surface area contributed by atoms with Gasteiger partial charge < -0.3 is 4.57 Å². The molecule has 8 aromatic rings. The number of hydrogen-bond acceptors (Lipinski definition) is 2. The van der Waals surface area contributed by atoms with Crippen molar-refractivity contribution in [2.24, 2.45) is 0 Å². The molecule has 3 heterocycles. The lowest BCUT2D eigenvalue weighted by molar-refractivity contribution is 0.966. The lowest BCUT2D eigenvalue weighted by atomic mass is 10.0. The molecule has 0 atom stereocenters. The summed E-state index contributed by atoms with van der Waals surface area (Å²) in [4.78, 5) is 10.4. The maximum Gasteiger partial charge on any atom is 0.235 e. The molecule has 0 amide bonds. The van der Waals surface area contributed by atoms with E-state index in [0.717, 1.165) is 52.1 Å². The van der Waals surface area contributed by atoms with E-state index < -0.39 is 0 Å². The van der Waals surface area contributed by atoms with Gasteiger partial charge in [-0.25, -0.2) is 9.97 Å². The number of nitrogens with zero attached hydrogens (tertiary/aromatic N) is 4. The number of aryl methyl sites for hydroxylation is 1. The standard InChI is InChI=1S/C40H28N4/c1-3-13-27(14-4-1)34-26-35(28-15-5-2-6-16-28)42-40(41-34)44-38-22-12-9-19-32(38)33-24-23-29(25-39(33)44)43-36-20-10-7-17-30(36)31-18-8-11-21-37(31)43/h1-7,9-17,19-26H,8,18H2. The summed E-state index contributed by atoms with van der Waals surface area (Å²) >= 11 is 0. The zero-order valence-electron chi connectivity index (χ0n) is 24.1. The lowest BCUT2D eigenvalue weighted by Gasteiger charge is -2.14. The Morgan fingerprint density at radius 2 is 1.09 bits per heavy atom. The van der Waals surface area contributed by atoms with Crippen LogP contribution in [0.5, 0.6) is 0 Å². The van der Waals surface area contributed by atoms with Crippen LogP contribution in [0.15, 0.2) is 140 Å². The number of para-hydroxylation sites is 2. The van der Waals surface area contributed by atoms with E-state index in [1.54, 1.807) is 0 Å². The minimum absolute atomic E-state index is 0.660. The zero-order valence-corrected chi connectivity index (χ0v) is 24.1. The summed E-state index contributed by atoms with van der Waals surface area (Å²) in [6.07, 6.45) is 6.72. The normalized spacial score (nSPS) is 12.7. The van der Waals surface area contributed by atoms with Crippen LogP contribution in [-0.2, 0) is 6.42 Å². The molecule has 0 unspecified atom stereocenters. The number of fused-ring (bicyclic) bond motifs is 6. The molecule has 0 aliphatic heterocycles. The second-order valence-electron chi connectivity index (χ2n) is 11.4. The Labute approximate surface area is 255 Å². The summed E-state index contributed by atoms with van der Waals surface area (Å²) < 4.78 is 4.65. The van der Waals surface area contributed by atoms with Gasteiger partial charge in [0.1, 0.15) is 0 Å². The minimum atomic E-state index is 0.660. The topological polar surface area (TPSA) is 35.6 Å². The molecule has 3 aromatic heterocycles. The quantitative estimate of drug-likeness (QED) is 0.213. The molecule has 44 heavy (non-hydrogen) atoms. The van der Waals surface area contributed by atoms with Crippen LogP contribution in [0, 0.1) is 0 Å². The summed E-state index contributed by atoms with van der Waals surface area (Å²) in [5.41, 5.74) is 11.1. The smallest absolute Gasteiger partial charge is 0.235 e. The van der Waals surface area contributed by atoms with Crippen LogP contribution in [0.2, 0.25) is 0 Å². The third kappa shape index (κ3) is 3.85. The van der Waals surface area contributed by atoms with Gasteiger partial charge >= 0.3 is 0 Å². The van der Waals surface area contributed by atoms with E-state index in [4.69, 9.17) is 9.97 Å². The number of benzene rings is 5. The van der Waals surface area contributed by atoms with Crippen molar-refractivity contribution in [1.82, 2.24) is 19.1 Å². The van der Waals surface area contributed by atoms with Crippen molar-refractivity contribution in [1.29, 1.82) is 0 Å². The van der Waals surface area contributed by atoms with E-state index in [-0.39, 0.29) is 0 Å². The zero-order chi connectivity index (χ0) is 29.0. The average Bonchev–Trinajstić information content (AvgIpc) is 3.61. The fourth-order valence-corrected chi connectivity index (χ4v) is 6.83. The molecule has 0 N–H and O–H groups in total. The number of allylic oxidation sites excluding steroid dienone is 1. The molecule has 0 fully saturated rings. The molecule has 0 bridgehead atoms. The van der Waals surface area contributed by atoms with Crippen LogP contribution >= 0.6 is 0 Å². The predicted octanol–water partition coefficient (Wildman–Crippen LogP) is 9.81. The highest BCUT2D eigenvalue weighted by atomic mass is 15.2. The summed E-state index contributed by atoms with van der Waals surface area (Å²) in [7, 11) is 0. The Hall–Kier alpha value is -5.74. The Balaban J connectivity index is 1.35. The van der Waals surface area contributed by atoms with Crippen LogP contribution in [-0.4, -0.2) is 19.1 Å². The molecular formula is C40H28N4. The molecule has 0 radical (unpaired) electrons. The number of aromatic nitrogens is 4. The summed E-state index contributed by atoms with van der Waals surface area (Å²) in [6.45, 7) is 0. The molecule has 9 rings (SSSR count). The van der Waals surface area contributed by atoms with Crippen molar-refractivity contribution in [2.45, 2.75) is 12.8 Å². The van der Waals surface area contributed by atoms with Gasteiger partial charge in [0.25, 0.3) is 0 Å². The van der Waals surface area contributed by atoms with Crippen molar-refractivity contribution in [3.8, 4) is 34.2 Å². The van der Waals surface area contributed by atoms with Crippen LogP contribution in [0.3, 0.4) is 0 Å². The maximum atomic E-state index is 5.22. The summed E-state index contributed by atoms with van der Waals surface area (Å²) in [5, 5.41) is 3.70. The highest BCUT2D eigenvalue weighted by Crippen LogP contribution is 2.37. The first-order chi connectivity index (χ1) is 21.8. The second-order valence-corrected chi connectivity index (χ2v) is 11.4. The molecule has 0 saturated carbocycles. The molecule has 1 aliphatic carbocycles. The van der Waals surface area contributed by atoms with Crippen molar-refractivity contribution < 1.29 is 0 Å². The molecule has 4 heteroatoms. The van der Waals surface area contributed by atoms with Crippen LogP contribution in [0.1, 0.15) is 17.7 Å². The Kier molecular flexibility index (Phi) is 5.60. The number of rotatable bonds is 4. The fraction of sp³-hybridized carbons (Fsp3) is 0.0500. The first-order valence-electron chi connectivity index (χ1n) is 15.2. The minimum Gasteiger partial charge on any atom is -0.310 e. The van der Waals surface area contributed by atoms with E-state index in [1.165, 1.54) is 32.9 Å². The molecule has 208 valence electrons. The average molecular weight is 565 g/mol. The van der Waals surface area contributed by atoms with Gasteiger partial charge in [-0.2, -0.15) is 0 Å². The summed E-state index contributed by atoms with van der Waals surface area (Å²) in [6, 6.07) is 47.0. The second kappa shape index (κ2) is 9.92. The molecule has 0 saturated heterocycles. The molecular weight excluding hydrogens is 536 g/mol. The summed E-state index contributed by atoms with van der Waals surface area (Å²) in [5.74, 6) is 0.660. The van der Waals surface area contributed by atoms with Crippen LogP contribution < -0.4 is 0 Å². The van der Waals surface area contributed by atoms with Crippen molar-refractivity contribution in [3.05, 3.63) is 151 Å². The highest BCUT2D eigenvalue weighted by molar-refractivity contribution is 6.09. The number of hydrogen-bond donors (Lipinski definition) is 0. The Morgan fingerprint density at radius 3 is 1.80 bits per heavy atom. The maximum absolute atomic E-state index is 5.22. The monoisotopic (exact) mass is 564 g/mol. The third-order valence-electron chi connectivity index (χ3n) is 8.83. The Bertz CT molecular complexity index is 2320. The van der Waals surface area contributed by atoms with Crippen molar-refractivity contribution in [2.75, 3.05) is 0 Å². The molecule has 0 spiro atoms. The molecule has 1 aliphatic rings. The van der Waals surface area contributed by atoms with Crippen molar-refractivity contribution >= 4 is 38.8 Å². The molecule has 4 nitrogen and oxygen atoms in total. The van der Waals surface area contributed by atoms with Gasteiger partial charge in [-0.1, -0.05) is 109 Å². The van der Waals surface area contributed by atoms with Crippen LogP contribution in [0.25, 0.3) is 72.9 Å². The van der Waals surface area contributed by atoms with Gasteiger partial charge in [0.05, 0.1) is 27.9 Å². The fourth-order valence-electron chi connectivity index (χ4n) is 6.83. The lowest BCUT2D eigenvalue weighted by Crippen LogP contribution is -2.05. The SMILES string of the molecule is C1=Cc2c(c3ccccc3n2-c2ccc3c4ccccc4n(-c4nc(-c5ccccc5)cc(-c5ccccc5)n4)c3c2)CC1. The van der Waals surface area contributed by atoms with E-state index in [2.05, 4.69) is 143 Å². The van der Waals surface area contributed by atoms with E-state index in [0.29, 0.717) is 5.95 Å². The first kappa shape index (κ1) is 24.8. The van der Waals surface area contributed by atoms with E-state index >= 15 is 0 Å². The first-order valence-corrected chi connectivity index (χ1v) is 15.2. The van der Waals surface area contributed by atoms with E-state index in [9.17, 15) is 0 Å². The van der Waals surface area contributed by atoms with Gasteiger partial charge in [0.2, 0.25) is 5.95 Å². The van der Waals surface area contributed by atoms with Crippen LogP contribution in [0.4, 0.5) is 0 Å². The van der Waals surface area contributed by atoms with Gasteiger partial charge in [-0.15, -0.1) is 0 Å². The third-order valence-corrected chi connectivity index (χ3v) is 8.83. The Morgan fingerprint density at radius 1 is 0.500 bits per heavy atom. The molecule has 5 aromatic carbocycles. The van der Waals surface area contributed by atoms with Gasteiger partial charge in [-0.3, -0.25) is 4.57 Å². The highest BCUT2D eigenvalue weighted by Gasteiger charge is 2.21.